The van der Waals surface area contributed by atoms with Crippen molar-refractivity contribution in [2.24, 2.45) is 17.6 Å². The fraction of sp³-hybridized carbons (Fsp3) is 0.381. The summed E-state index contributed by atoms with van der Waals surface area (Å²) in [5.74, 6) is -1.07. The van der Waals surface area contributed by atoms with E-state index in [-0.39, 0.29) is 40.2 Å². The van der Waals surface area contributed by atoms with Gasteiger partial charge in [0.25, 0.3) is 0 Å². The number of rotatable bonds is 12. The first-order chi connectivity index (χ1) is 23.6. The van der Waals surface area contributed by atoms with Crippen LogP contribution in [0.25, 0.3) is 0 Å². The Balaban J connectivity index is 0.000000205. The summed E-state index contributed by atoms with van der Waals surface area (Å²) in [7, 11) is 0. The van der Waals surface area contributed by atoms with Gasteiger partial charge in [-0.1, -0.05) is 108 Å². The zero-order valence-corrected chi connectivity index (χ0v) is 28.3. The fourth-order valence-corrected chi connectivity index (χ4v) is 7.73. The third-order valence-electron chi connectivity index (χ3n) is 11.1. The molecule has 49 heavy (non-hydrogen) atoms. The number of carbonyl (C=O) groups is 3. The lowest BCUT2D eigenvalue weighted by Gasteiger charge is -2.17. The molecule has 4 aliphatic carbocycles. The minimum Gasteiger partial charge on any atom is -0.481 e. The minimum atomic E-state index is -0.677. The molecule has 5 N–H and O–H groups in total. The maximum atomic E-state index is 12.8. The molecule has 0 saturated heterocycles. The van der Waals surface area contributed by atoms with E-state index in [2.05, 4.69) is 59.9 Å². The second-order valence-corrected chi connectivity index (χ2v) is 14.2. The average Bonchev–Trinajstić information content (AvgIpc) is 4.00. The van der Waals surface area contributed by atoms with E-state index in [4.69, 9.17) is 16.2 Å². The molecule has 0 aromatic heterocycles. The number of nitrogens with one attached hydrogen (secondary N) is 2. The number of hydrogen-bond donors (Lipinski definition) is 4. The highest BCUT2D eigenvalue weighted by molar-refractivity contribution is 5.95. The molecule has 4 aliphatic rings. The minimum absolute atomic E-state index is 0.0270. The molecule has 0 aliphatic heterocycles. The van der Waals surface area contributed by atoms with E-state index in [1.54, 1.807) is 19.1 Å². The van der Waals surface area contributed by atoms with Crippen LogP contribution in [0.5, 0.6) is 0 Å². The summed E-state index contributed by atoms with van der Waals surface area (Å²) in [5, 5.41) is 19.4. The first-order valence-corrected chi connectivity index (χ1v) is 17.6. The van der Waals surface area contributed by atoms with Crippen molar-refractivity contribution in [1.82, 2.24) is 5.32 Å². The van der Waals surface area contributed by atoms with Gasteiger partial charge in [0.05, 0.1) is 17.9 Å². The summed E-state index contributed by atoms with van der Waals surface area (Å²) in [6.07, 6.45) is 13.3. The molecular weight excluding hydrogens is 610 g/mol. The van der Waals surface area contributed by atoms with Crippen molar-refractivity contribution in [1.29, 1.82) is 5.41 Å². The van der Waals surface area contributed by atoms with Crippen LogP contribution in [0.3, 0.4) is 0 Å². The maximum Gasteiger partial charge on any atom is 0.310 e. The van der Waals surface area contributed by atoms with Crippen molar-refractivity contribution >= 4 is 23.5 Å². The summed E-state index contributed by atoms with van der Waals surface area (Å²) < 4.78 is 0. The van der Waals surface area contributed by atoms with Crippen LogP contribution < -0.4 is 11.1 Å². The van der Waals surface area contributed by atoms with E-state index in [0.717, 1.165) is 44.1 Å². The number of amidine groups is 1. The molecule has 0 unspecified atom stereocenters. The van der Waals surface area contributed by atoms with Gasteiger partial charge in [0, 0.05) is 22.8 Å². The SMILES string of the molecule is C[C@H](NC(=O)[C@H]1C=C(C2(c3ccccc3)CC2)CC1)C(=O)CCc1ccc(C(=N)N)cc1.O=C(O)[C@H]1C=C(C2(c3ccccc3)CC2)CC1. The summed E-state index contributed by atoms with van der Waals surface area (Å²) in [6.45, 7) is 1.77. The number of aliphatic carboxylic acids is 1. The molecule has 0 spiro atoms. The van der Waals surface area contributed by atoms with Crippen molar-refractivity contribution in [2.45, 2.75) is 88.0 Å². The van der Waals surface area contributed by atoms with E-state index >= 15 is 0 Å². The molecule has 0 bridgehead atoms. The molecule has 3 aromatic carbocycles. The van der Waals surface area contributed by atoms with Crippen molar-refractivity contribution < 1.29 is 19.5 Å². The van der Waals surface area contributed by atoms with Crippen LogP contribution in [0.1, 0.15) is 87.0 Å². The van der Waals surface area contributed by atoms with Gasteiger partial charge < -0.3 is 16.2 Å². The Labute approximate surface area is 289 Å². The molecule has 254 valence electrons. The molecule has 2 saturated carbocycles. The van der Waals surface area contributed by atoms with Crippen molar-refractivity contribution in [3.8, 4) is 0 Å². The van der Waals surface area contributed by atoms with Crippen LogP contribution in [0.15, 0.2) is 108 Å². The predicted octanol–water partition coefficient (Wildman–Crippen LogP) is 7.18. The first kappa shape index (κ1) is 34.1. The maximum absolute atomic E-state index is 12.8. The van der Waals surface area contributed by atoms with Gasteiger partial charge in [0.15, 0.2) is 5.78 Å². The number of carboxylic acids is 1. The molecule has 7 rings (SSSR count). The highest BCUT2D eigenvalue weighted by atomic mass is 16.4. The molecule has 1 amide bonds. The summed E-state index contributed by atoms with van der Waals surface area (Å²) in [6, 6.07) is 28.0. The van der Waals surface area contributed by atoms with E-state index in [0.29, 0.717) is 18.4 Å². The standard InChI is InChI=1S/C27H31N3O2.C15H16O2/c1-18(24(31)14-9-19-7-10-20(11-8-19)25(28)29)30-26(32)21-12-13-23(17-21)27(15-16-27)22-5-3-2-4-6-22;16-14(17)11-6-7-13(10-11)15(8-9-15)12-4-2-1-3-5-12/h2-8,10-11,17-18,21H,9,12-16H2,1H3,(H3,28,29)(H,30,32);1-5,10-11H,6-9H2,(H,16,17)/t18-,21+;11-/m01/s1. The van der Waals surface area contributed by atoms with Crippen LogP contribution in [-0.2, 0) is 31.6 Å². The van der Waals surface area contributed by atoms with E-state index in [9.17, 15) is 14.4 Å². The zero-order chi connectivity index (χ0) is 34.6. The summed E-state index contributed by atoms with van der Waals surface area (Å²) in [4.78, 5) is 36.4. The van der Waals surface area contributed by atoms with Crippen LogP contribution in [-0.4, -0.2) is 34.6 Å². The second kappa shape index (κ2) is 14.4. The Hall–Kier alpha value is -4.78. The highest BCUT2D eigenvalue weighted by Gasteiger charge is 2.49. The number of carbonyl (C=O) groups excluding carboxylic acids is 2. The topological polar surface area (TPSA) is 133 Å². The highest BCUT2D eigenvalue weighted by Crippen LogP contribution is 2.58. The lowest BCUT2D eigenvalue weighted by Crippen LogP contribution is -2.41. The molecule has 3 aromatic rings. The number of carboxylic acid groups (broad SMARTS) is 1. The van der Waals surface area contributed by atoms with Gasteiger partial charge in [0.1, 0.15) is 5.84 Å². The fourth-order valence-electron chi connectivity index (χ4n) is 7.73. The predicted molar refractivity (Wildman–Crippen MR) is 192 cm³/mol. The van der Waals surface area contributed by atoms with Gasteiger partial charge in [-0.3, -0.25) is 19.8 Å². The molecule has 3 atom stereocenters. The molecular formula is C42H47N3O4. The monoisotopic (exact) mass is 657 g/mol. The number of nitrogens with two attached hydrogens (primary N) is 1. The Morgan fingerprint density at radius 3 is 1.73 bits per heavy atom. The summed E-state index contributed by atoms with van der Waals surface area (Å²) >= 11 is 0. The average molecular weight is 658 g/mol. The lowest BCUT2D eigenvalue weighted by molar-refractivity contribution is -0.140. The lowest BCUT2D eigenvalue weighted by atomic mass is 9.87. The largest absolute Gasteiger partial charge is 0.481 e. The van der Waals surface area contributed by atoms with E-state index in [1.165, 1.54) is 35.1 Å². The molecule has 0 radical (unpaired) electrons. The molecule has 0 heterocycles. The Kier molecular flexibility index (Phi) is 10.00. The van der Waals surface area contributed by atoms with E-state index in [1.807, 2.05) is 30.3 Å². The van der Waals surface area contributed by atoms with E-state index < -0.39 is 12.0 Å². The molecule has 2 fully saturated rings. The number of hydrogen-bond acceptors (Lipinski definition) is 4. The van der Waals surface area contributed by atoms with Gasteiger partial charge >= 0.3 is 5.97 Å². The van der Waals surface area contributed by atoms with Gasteiger partial charge in [0.2, 0.25) is 5.91 Å². The van der Waals surface area contributed by atoms with Crippen molar-refractivity contribution in [2.75, 3.05) is 0 Å². The number of aryl methyl sites for hydroxylation is 1. The summed E-state index contributed by atoms with van der Waals surface area (Å²) in [5.41, 5.74) is 12.9. The smallest absolute Gasteiger partial charge is 0.310 e. The van der Waals surface area contributed by atoms with Gasteiger partial charge in [-0.15, -0.1) is 0 Å². The first-order valence-electron chi connectivity index (χ1n) is 17.6. The quantitative estimate of drug-likeness (QED) is 0.0930. The Morgan fingerprint density at radius 2 is 1.29 bits per heavy atom. The van der Waals surface area contributed by atoms with Gasteiger partial charge in [-0.25, -0.2) is 0 Å². The Morgan fingerprint density at radius 1 is 0.796 bits per heavy atom. The van der Waals surface area contributed by atoms with Gasteiger partial charge in [-0.2, -0.15) is 0 Å². The van der Waals surface area contributed by atoms with Crippen molar-refractivity contribution in [3.05, 3.63) is 130 Å². The normalized spacial score (nSPS) is 21.7. The molecule has 7 heteroatoms. The van der Waals surface area contributed by atoms with Crippen LogP contribution in [0.4, 0.5) is 0 Å². The number of Topliss-reactive ketones (excluding diaryl/α,β-unsaturated/α-hetero) is 1. The zero-order valence-electron chi connectivity index (χ0n) is 28.3. The van der Waals surface area contributed by atoms with Crippen LogP contribution in [0, 0.1) is 17.2 Å². The van der Waals surface area contributed by atoms with Crippen LogP contribution >= 0.6 is 0 Å². The van der Waals surface area contributed by atoms with Crippen LogP contribution in [0.2, 0.25) is 0 Å². The number of amides is 1. The number of benzene rings is 3. The van der Waals surface area contributed by atoms with Gasteiger partial charge in [-0.05, 0) is 81.4 Å². The van der Waals surface area contributed by atoms with Crippen molar-refractivity contribution in [3.63, 3.8) is 0 Å². The number of ketones is 1. The molecule has 7 nitrogen and oxygen atoms in total. The second-order valence-electron chi connectivity index (χ2n) is 14.2. The third-order valence-corrected chi connectivity index (χ3v) is 11.1. The third kappa shape index (κ3) is 7.61. The number of allylic oxidation sites excluding steroid dienone is 2. The Bertz CT molecular complexity index is 1750. The number of nitrogen functional groups attached to an aromatic ring is 1.